The molecule has 120 valence electrons. The Kier molecular flexibility index (Phi) is 4.55. The average Bonchev–Trinajstić information content (AvgIpc) is 3.00. The molecule has 0 bridgehead atoms. The minimum absolute atomic E-state index is 0.0693. The van der Waals surface area contributed by atoms with E-state index in [0.29, 0.717) is 18.4 Å². The standard InChI is InChI=1S/C17H29NO3/c1-2-21-15-12-14(19)17(15)7-9-18(10-8-17)16(20)11-13-5-3-4-6-13/h13-15,19H,2-12H2,1H3. The quantitative estimate of drug-likeness (QED) is 0.866. The molecule has 1 heterocycles. The Balaban J connectivity index is 1.51. The SMILES string of the molecule is CCOC1CC(O)C12CCN(C(=O)CC1CCCC1)CC2. The third-order valence-corrected chi connectivity index (χ3v) is 6.10. The van der Waals surface area contributed by atoms with Gasteiger partial charge in [-0.1, -0.05) is 12.8 Å². The molecule has 0 aromatic rings. The van der Waals surface area contributed by atoms with Gasteiger partial charge in [-0.15, -0.1) is 0 Å². The van der Waals surface area contributed by atoms with Gasteiger partial charge in [0.2, 0.25) is 5.91 Å². The van der Waals surface area contributed by atoms with Gasteiger partial charge < -0.3 is 14.7 Å². The number of aliphatic hydroxyl groups excluding tert-OH is 1. The third-order valence-electron chi connectivity index (χ3n) is 6.10. The van der Waals surface area contributed by atoms with Crippen molar-refractivity contribution in [2.45, 2.75) is 70.5 Å². The number of carbonyl (C=O) groups is 1. The predicted molar refractivity (Wildman–Crippen MR) is 80.9 cm³/mol. The van der Waals surface area contributed by atoms with Crippen LogP contribution in [0.3, 0.4) is 0 Å². The van der Waals surface area contributed by atoms with Gasteiger partial charge in [0, 0.05) is 38.0 Å². The lowest BCUT2D eigenvalue weighted by Gasteiger charge is -2.56. The highest BCUT2D eigenvalue weighted by atomic mass is 16.5. The van der Waals surface area contributed by atoms with E-state index < -0.39 is 0 Å². The van der Waals surface area contributed by atoms with Crippen LogP contribution in [0.15, 0.2) is 0 Å². The minimum atomic E-state index is -0.235. The number of carbonyl (C=O) groups excluding carboxylic acids is 1. The van der Waals surface area contributed by atoms with Crippen molar-refractivity contribution in [3.8, 4) is 0 Å². The first-order valence-corrected chi connectivity index (χ1v) is 8.73. The molecule has 1 saturated heterocycles. The number of rotatable bonds is 4. The van der Waals surface area contributed by atoms with Gasteiger partial charge in [-0.25, -0.2) is 0 Å². The molecule has 4 nitrogen and oxygen atoms in total. The summed E-state index contributed by atoms with van der Waals surface area (Å²) in [5.41, 5.74) is -0.0693. The molecule has 2 atom stereocenters. The Morgan fingerprint density at radius 3 is 2.52 bits per heavy atom. The smallest absolute Gasteiger partial charge is 0.222 e. The first kappa shape index (κ1) is 15.3. The molecule has 0 aromatic heterocycles. The third kappa shape index (κ3) is 2.85. The van der Waals surface area contributed by atoms with Crippen LogP contribution in [0.4, 0.5) is 0 Å². The molecular formula is C17H29NO3. The average molecular weight is 295 g/mol. The van der Waals surface area contributed by atoms with Crippen LogP contribution in [0.2, 0.25) is 0 Å². The van der Waals surface area contributed by atoms with E-state index in [-0.39, 0.29) is 17.6 Å². The van der Waals surface area contributed by atoms with Gasteiger partial charge in [-0.3, -0.25) is 4.79 Å². The number of amides is 1. The van der Waals surface area contributed by atoms with Crippen molar-refractivity contribution in [1.82, 2.24) is 4.90 Å². The lowest BCUT2D eigenvalue weighted by Crippen LogP contribution is -2.62. The second-order valence-electron chi connectivity index (χ2n) is 7.16. The highest BCUT2D eigenvalue weighted by molar-refractivity contribution is 5.76. The normalized spacial score (nSPS) is 32.4. The van der Waals surface area contributed by atoms with Crippen LogP contribution < -0.4 is 0 Å². The number of likely N-dealkylation sites (tertiary alicyclic amines) is 1. The fraction of sp³-hybridized carbons (Fsp3) is 0.941. The summed E-state index contributed by atoms with van der Waals surface area (Å²) in [6.45, 7) is 4.32. The summed E-state index contributed by atoms with van der Waals surface area (Å²) in [5.74, 6) is 0.956. The molecule has 21 heavy (non-hydrogen) atoms. The lowest BCUT2D eigenvalue weighted by molar-refractivity contribution is -0.210. The van der Waals surface area contributed by atoms with Crippen LogP contribution in [0.1, 0.15) is 58.3 Å². The van der Waals surface area contributed by atoms with Crippen LogP contribution in [-0.2, 0) is 9.53 Å². The topological polar surface area (TPSA) is 49.8 Å². The van der Waals surface area contributed by atoms with Crippen LogP contribution >= 0.6 is 0 Å². The van der Waals surface area contributed by atoms with Gasteiger partial charge in [0.15, 0.2) is 0 Å². The summed E-state index contributed by atoms with van der Waals surface area (Å²) in [4.78, 5) is 14.4. The van der Waals surface area contributed by atoms with Gasteiger partial charge in [-0.05, 0) is 38.5 Å². The van der Waals surface area contributed by atoms with E-state index in [1.807, 2.05) is 11.8 Å². The van der Waals surface area contributed by atoms with Gasteiger partial charge >= 0.3 is 0 Å². The largest absolute Gasteiger partial charge is 0.392 e. The number of ether oxygens (including phenoxy) is 1. The van der Waals surface area contributed by atoms with Gasteiger partial charge in [0.25, 0.3) is 0 Å². The Morgan fingerprint density at radius 1 is 1.29 bits per heavy atom. The van der Waals surface area contributed by atoms with E-state index in [9.17, 15) is 9.90 Å². The zero-order valence-corrected chi connectivity index (χ0v) is 13.2. The monoisotopic (exact) mass is 295 g/mol. The van der Waals surface area contributed by atoms with E-state index in [1.54, 1.807) is 0 Å². The van der Waals surface area contributed by atoms with E-state index in [4.69, 9.17) is 4.74 Å². The van der Waals surface area contributed by atoms with Crippen LogP contribution in [0, 0.1) is 11.3 Å². The van der Waals surface area contributed by atoms with Crippen molar-refractivity contribution < 1.29 is 14.6 Å². The second kappa shape index (κ2) is 6.25. The van der Waals surface area contributed by atoms with Crippen molar-refractivity contribution in [2.24, 2.45) is 11.3 Å². The molecule has 1 aliphatic heterocycles. The van der Waals surface area contributed by atoms with Crippen molar-refractivity contribution in [3.63, 3.8) is 0 Å². The Hall–Kier alpha value is -0.610. The minimum Gasteiger partial charge on any atom is -0.392 e. The number of nitrogens with zero attached hydrogens (tertiary/aromatic N) is 1. The van der Waals surface area contributed by atoms with Crippen molar-refractivity contribution >= 4 is 5.91 Å². The molecule has 3 fully saturated rings. The van der Waals surface area contributed by atoms with E-state index in [1.165, 1.54) is 25.7 Å². The first-order chi connectivity index (χ1) is 10.2. The van der Waals surface area contributed by atoms with Crippen molar-refractivity contribution in [3.05, 3.63) is 0 Å². The molecule has 2 saturated carbocycles. The highest BCUT2D eigenvalue weighted by Crippen LogP contribution is 2.51. The molecule has 4 heteroatoms. The number of hydrogen-bond acceptors (Lipinski definition) is 3. The summed E-state index contributed by atoms with van der Waals surface area (Å²) in [5, 5.41) is 10.2. The highest BCUT2D eigenvalue weighted by Gasteiger charge is 2.56. The first-order valence-electron chi connectivity index (χ1n) is 8.73. The van der Waals surface area contributed by atoms with Gasteiger partial charge in [-0.2, -0.15) is 0 Å². The fourth-order valence-electron chi connectivity index (χ4n) is 4.58. The maximum Gasteiger partial charge on any atom is 0.222 e. The zero-order chi connectivity index (χ0) is 14.9. The maximum atomic E-state index is 12.4. The Labute approximate surface area is 127 Å². The molecule has 0 aromatic carbocycles. The molecule has 2 unspecified atom stereocenters. The maximum absolute atomic E-state index is 12.4. The summed E-state index contributed by atoms with van der Waals surface area (Å²) >= 11 is 0. The van der Waals surface area contributed by atoms with E-state index in [0.717, 1.165) is 38.8 Å². The summed E-state index contributed by atoms with van der Waals surface area (Å²) < 4.78 is 5.78. The van der Waals surface area contributed by atoms with E-state index in [2.05, 4.69) is 0 Å². The van der Waals surface area contributed by atoms with Crippen LogP contribution in [-0.4, -0.2) is 47.8 Å². The fourth-order valence-corrected chi connectivity index (χ4v) is 4.58. The Bertz CT molecular complexity index is 368. The number of hydrogen-bond donors (Lipinski definition) is 1. The molecular weight excluding hydrogens is 266 g/mol. The summed E-state index contributed by atoms with van der Waals surface area (Å²) in [6.07, 6.45) is 8.32. The van der Waals surface area contributed by atoms with Crippen molar-refractivity contribution in [1.29, 1.82) is 0 Å². The molecule has 1 amide bonds. The van der Waals surface area contributed by atoms with E-state index >= 15 is 0 Å². The van der Waals surface area contributed by atoms with Gasteiger partial charge in [0.1, 0.15) is 0 Å². The second-order valence-corrected chi connectivity index (χ2v) is 7.16. The van der Waals surface area contributed by atoms with Gasteiger partial charge in [0.05, 0.1) is 12.2 Å². The molecule has 3 aliphatic rings. The molecule has 1 N–H and O–H groups in total. The molecule has 3 rings (SSSR count). The Morgan fingerprint density at radius 2 is 1.95 bits per heavy atom. The van der Waals surface area contributed by atoms with Crippen LogP contribution in [0.25, 0.3) is 0 Å². The number of piperidine rings is 1. The molecule has 0 radical (unpaired) electrons. The van der Waals surface area contributed by atoms with Crippen LogP contribution in [0.5, 0.6) is 0 Å². The zero-order valence-electron chi connectivity index (χ0n) is 13.2. The summed E-state index contributed by atoms with van der Waals surface area (Å²) in [6, 6.07) is 0. The molecule has 2 aliphatic carbocycles. The molecule has 1 spiro atoms. The summed E-state index contributed by atoms with van der Waals surface area (Å²) in [7, 11) is 0. The lowest BCUT2D eigenvalue weighted by atomic mass is 9.58. The van der Waals surface area contributed by atoms with Crippen molar-refractivity contribution in [2.75, 3.05) is 19.7 Å². The number of aliphatic hydroxyl groups is 1. The predicted octanol–water partition coefficient (Wildman–Crippen LogP) is 2.35.